The Kier molecular flexibility index (Phi) is 2.48. The molecule has 0 radical (unpaired) electrons. The van der Waals surface area contributed by atoms with Crippen molar-refractivity contribution in [2.45, 2.75) is 6.54 Å². The topological polar surface area (TPSA) is 67.0 Å². The molecule has 0 spiro atoms. The standard InChI is InChI=1S/C6H9N3O2/c1-11-6(10)8-3-5-2-7-4-9-5/h2,4H,3H2,1H3,(H,7,9)(H,8,10). The van der Waals surface area contributed by atoms with Crippen molar-refractivity contribution in [3.63, 3.8) is 0 Å². The molecule has 0 saturated heterocycles. The molecule has 0 saturated carbocycles. The van der Waals surface area contributed by atoms with Gasteiger partial charge in [-0.3, -0.25) is 0 Å². The van der Waals surface area contributed by atoms with E-state index < -0.39 is 6.09 Å². The first-order chi connectivity index (χ1) is 5.33. The SMILES string of the molecule is COC(=O)NCc1cnc[nH]1. The molecule has 1 aromatic rings. The summed E-state index contributed by atoms with van der Waals surface area (Å²) in [7, 11) is 1.32. The van der Waals surface area contributed by atoms with Crippen molar-refractivity contribution in [1.29, 1.82) is 0 Å². The minimum atomic E-state index is -0.445. The fourth-order valence-electron chi connectivity index (χ4n) is 0.621. The number of hydrogen-bond acceptors (Lipinski definition) is 3. The number of alkyl carbamates (subject to hydrolysis) is 1. The molecule has 5 nitrogen and oxygen atoms in total. The zero-order chi connectivity index (χ0) is 8.10. The Balaban J connectivity index is 2.29. The quantitative estimate of drug-likeness (QED) is 0.644. The summed E-state index contributed by atoms with van der Waals surface area (Å²) >= 11 is 0. The summed E-state index contributed by atoms with van der Waals surface area (Å²) in [5.74, 6) is 0. The molecule has 2 N–H and O–H groups in total. The van der Waals surface area contributed by atoms with Crippen LogP contribution in [0.4, 0.5) is 4.79 Å². The molecule has 60 valence electrons. The van der Waals surface area contributed by atoms with Crippen LogP contribution in [0, 0.1) is 0 Å². The van der Waals surface area contributed by atoms with E-state index in [0.29, 0.717) is 6.54 Å². The summed E-state index contributed by atoms with van der Waals surface area (Å²) in [6.45, 7) is 0.409. The number of imidazole rings is 1. The molecular weight excluding hydrogens is 146 g/mol. The monoisotopic (exact) mass is 155 g/mol. The molecule has 0 aliphatic rings. The van der Waals surface area contributed by atoms with Crippen molar-refractivity contribution in [3.8, 4) is 0 Å². The van der Waals surface area contributed by atoms with Gasteiger partial charge in [-0.25, -0.2) is 9.78 Å². The summed E-state index contributed by atoms with van der Waals surface area (Å²) in [5.41, 5.74) is 0.843. The third-order valence-corrected chi connectivity index (χ3v) is 1.16. The van der Waals surface area contributed by atoms with Crippen LogP contribution in [0.1, 0.15) is 5.69 Å². The number of ether oxygens (including phenoxy) is 1. The first-order valence-electron chi connectivity index (χ1n) is 3.12. The van der Waals surface area contributed by atoms with E-state index in [0.717, 1.165) is 5.69 Å². The Morgan fingerprint density at radius 3 is 3.27 bits per heavy atom. The lowest BCUT2D eigenvalue weighted by atomic mass is 10.5. The number of aromatic amines is 1. The molecule has 0 aromatic carbocycles. The number of aromatic nitrogens is 2. The number of carbonyl (C=O) groups excluding carboxylic acids is 1. The highest BCUT2D eigenvalue weighted by atomic mass is 16.5. The minimum absolute atomic E-state index is 0.409. The molecule has 1 heterocycles. The maximum absolute atomic E-state index is 10.5. The number of methoxy groups -OCH3 is 1. The first-order valence-corrected chi connectivity index (χ1v) is 3.12. The number of nitrogens with one attached hydrogen (secondary N) is 2. The van der Waals surface area contributed by atoms with Crippen LogP contribution in [0.15, 0.2) is 12.5 Å². The molecule has 0 fully saturated rings. The highest BCUT2D eigenvalue weighted by molar-refractivity contribution is 5.66. The van der Waals surface area contributed by atoms with Gasteiger partial charge >= 0.3 is 6.09 Å². The van der Waals surface area contributed by atoms with Gasteiger partial charge in [0.1, 0.15) is 0 Å². The molecule has 0 aliphatic heterocycles. The van der Waals surface area contributed by atoms with Crippen LogP contribution in [0.5, 0.6) is 0 Å². The number of hydrogen-bond donors (Lipinski definition) is 2. The maximum Gasteiger partial charge on any atom is 0.407 e. The van der Waals surface area contributed by atoms with Gasteiger partial charge in [-0.1, -0.05) is 0 Å². The summed E-state index contributed by atoms with van der Waals surface area (Å²) in [6.07, 6.45) is 2.74. The van der Waals surface area contributed by atoms with Crippen LogP contribution in [0.25, 0.3) is 0 Å². The largest absolute Gasteiger partial charge is 0.453 e. The Morgan fingerprint density at radius 1 is 1.91 bits per heavy atom. The lowest BCUT2D eigenvalue weighted by Crippen LogP contribution is -2.22. The Bertz CT molecular complexity index is 220. The van der Waals surface area contributed by atoms with Crippen molar-refractivity contribution >= 4 is 6.09 Å². The zero-order valence-corrected chi connectivity index (χ0v) is 6.13. The third kappa shape index (κ3) is 2.29. The van der Waals surface area contributed by atoms with Gasteiger partial charge in [0.25, 0.3) is 0 Å². The average Bonchev–Trinajstić information content (AvgIpc) is 2.52. The van der Waals surface area contributed by atoms with E-state index in [-0.39, 0.29) is 0 Å². The van der Waals surface area contributed by atoms with Crippen molar-refractivity contribution < 1.29 is 9.53 Å². The summed E-state index contributed by atoms with van der Waals surface area (Å²) in [5, 5.41) is 2.50. The van der Waals surface area contributed by atoms with Gasteiger partial charge in [-0.15, -0.1) is 0 Å². The lowest BCUT2D eigenvalue weighted by Gasteiger charge is -1.99. The van der Waals surface area contributed by atoms with Crippen LogP contribution in [0.2, 0.25) is 0 Å². The van der Waals surface area contributed by atoms with E-state index in [1.54, 1.807) is 12.5 Å². The second-order valence-electron chi connectivity index (χ2n) is 1.92. The van der Waals surface area contributed by atoms with Gasteiger partial charge in [0.05, 0.1) is 25.7 Å². The van der Waals surface area contributed by atoms with Gasteiger partial charge in [0.2, 0.25) is 0 Å². The van der Waals surface area contributed by atoms with E-state index in [9.17, 15) is 4.79 Å². The second kappa shape index (κ2) is 3.60. The molecule has 11 heavy (non-hydrogen) atoms. The van der Waals surface area contributed by atoms with Crippen LogP contribution >= 0.6 is 0 Å². The second-order valence-corrected chi connectivity index (χ2v) is 1.92. The molecule has 1 amide bonds. The fraction of sp³-hybridized carbons (Fsp3) is 0.333. The van der Waals surface area contributed by atoms with Crippen molar-refractivity contribution in [2.24, 2.45) is 0 Å². The number of H-pyrrole nitrogens is 1. The number of nitrogens with zero attached hydrogens (tertiary/aromatic N) is 1. The summed E-state index contributed by atoms with van der Waals surface area (Å²) < 4.78 is 4.36. The van der Waals surface area contributed by atoms with Gasteiger partial charge in [-0.2, -0.15) is 0 Å². The molecular formula is C6H9N3O2. The zero-order valence-electron chi connectivity index (χ0n) is 6.13. The van der Waals surface area contributed by atoms with Gasteiger partial charge in [0.15, 0.2) is 0 Å². The van der Waals surface area contributed by atoms with Crippen molar-refractivity contribution in [1.82, 2.24) is 15.3 Å². The Hall–Kier alpha value is -1.52. The summed E-state index contributed by atoms with van der Waals surface area (Å²) in [4.78, 5) is 17.2. The average molecular weight is 155 g/mol. The molecule has 0 aliphatic carbocycles. The van der Waals surface area contributed by atoms with Crippen LogP contribution in [-0.2, 0) is 11.3 Å². The van der Waals surface area contributed by atoms with Crippen LogP contribution < -0.4 is 5.32 Å². The highest BCUT2D eigenvalue weighted by Gasteiger charge is 1.97. The highest BCUT2D eigenvalue weighted by Crippen LogP contribution is 1.88. The fourth-order valence-corrected chi connectivity index (χ4v) is 0.621. The normalized spacial score (nSPS) is 9.18. The van der Waals surface area contributed by atoms with Gasteiger partial charge in [0, 0.05) is 6.20 Å². The van der Waals surface area contributed by atoms with E-state index in [2.05, 4.69) is 20.0 Å². The molecule has 0 bridgehead atoms. The molecule has 1 rings (SSSR count). The third-order valence-electron chi connectivity index (χ3n) is 1.16. The number of carbonyl (C=O) groups is 1. The maximum atomic E-state index is 10.5. The first kappa shape index (κ1) is 7.59. The van der Waals surface area contributed by atoms with Crippen LogP contribution in [0.3, 0.4) is 0 Å². The van der Waals surface area contributed by atoms with Crippen LogP contribution in [-0.4, -0.2) is 23.2 Å². The Morgan fingerprint density at radius 2 is 2.73 bits per heavy atom. The molecule has 1 aromatic heterocycles. The van der Waals surface area contributed by atoms with E-state index >= 15 is 0 Å². The van der Waals surface area contributed by atoms with Gasteiger partial charge < -0.3 is 15.0 Å². The number of amides is 1. The van der Waals surface area contributed by atoms with E-state index in [1.807, 2.05) is 0 Å². The molecule has 0 atom stereocenters. The Labute approximate surface area is 63.8 Å². The predicted octanol–water partition coefficient (Wildman–Crippen LogP) is 0.266. The summed E-state index contributed by atoms with van der Waals surface area (Å²) in [6, 6.07) is 0. The van der Waals surface area contributed by atoms with E-state index in [4.69, 9.17) is 0 Å². The minimum Gasteiger partial charge on any atom is -0.453 e. The molecule has 0 unspecified atom stereocenters. The predicted molar refractivity (Wildman–Crippen MR) is 37.8 cm³/mol. The number of rotatable bonds is 2. The van der Waals surface area contributed by atoms with Gasteiger partial charge in [-0.05, 0) is 0 Å². The smallest absolute Gasteiger partial charge is 0.407 e. The lowest BCUT2D eigenvalue weighted by molar-refractivity contribution is 0.170. The van der Waals surface area contributed by atoms with Crippen molar-refractivity contribution in [2.75, 3.05) is 7.11 Å². The van der Waals surface area contributed by atoms with E-state index in [1.165, 1.54) is 7.11 Å². The molecule has 5 heteroatoms. The van der Waals surface area contributed by atoms with Crippen molar-refractivity contribution in [3.05, 3.63) is 18.2 Å².